The van der Waals surface area contributed by atoms with Crippen molar-refractivity contribution in [2.45, 2.75) is 37.7 Å². The Morgan fingerprint density at radius 2 is 1.83 bits per heavy atom. The first-order chi connectivity index (χ1) is 8.50. The topological polar surface area (TPSA) is 32.3 Å². The number of aliphatic hydroxyl groups is 1. The second-order valence-corrected chi connectivity index (χ2v) is 5.74. The van der Waals surface area contributed by atoms with E-state index in [0.29, 0.717) is 6.54 Å². The monoisotopic (exact) mass is 319 g/mol. The maximum Gasteiger partial charge on any atom is 0.149 e. The van der Waals surface area contributed by atoms with Gasteiger partial charge in [0, 0.05) is 12.6 Å². The van der Waals surface area contributed by atoms with Gasteiger partial charge in [0.15, 0.2) is 0 Å². The van der Waals surface area contributed by atoms with Gasteiger partial charge in [-0.05, 0) is 34.8 Å². The van der Waals surface area contributed by atoms with Crippen molar-refractivity contribution in [2.24, 2.45) is 0 Å². The highest BCUT2D eigenvalue weighted by molar-refractivity contribution is 9.10. The van der Waals surface area contributed by atoms with Gasteiger partial charge in [0.05, 0.1) is 15.8 Å². The summed E-state index contributed by atoms with van der Waals surface area (Å²) in [6, 6.07) is 2.19. The third-order valence-corrected chi connectivity index (χ3v) is 4.01. The second-order valence-electron chi connectivity index (χ2n) is 4.88. The quantitative estimate of drug-likeness (QED) is 0.830. The third-order valence-electron chi connectivity index (χ3n) is 3.40. The maximum absolute atomic E-state index is 13.5. The van der Waals surface area contributed by atoms with Crippen LogP contribution in [0, 0.1) is 11.6 Å². The van der Waals surface area contributed by atoms with Gasteiger partial charge < -0.3 is 10.4 Å². The number of benzene rings is 1. The molecule has 0 unspecified atom stereocenters. The lowest BCUT2D eigenvalue weighted by atomic mass is 9.85. The van der Waals surface area contributed by atoms with E-state index in [4.69, 9.17) is 0 Å². The van der Waals surface area contributed by atoms with Crippen molar-refractivity contribution >= 4 is 21.6 Å². The third kappa shape index (κ3) is 3.20. The van der Waals surface area contributed by atoms with Gasteiger partial charge in [-0.2, -0.15) is 0 Å². The molecule has 0 aliphatic heterocycles. The van der Waals surface area contributed by atoms with Crippen molar-refractivity contribution in [1.29, 1.82) is 0 Å². The molecule has 2 N–H and O–H groups in total. The molecule has 1 aliphatic rings. The zero-order chi connectivity index (χ0) is 13.2. The van der Waals surface area contributed by atoms with Crippen LogP contribution < -0.4 is 5.32 Å². The first-order valence-corrected chi connectivity index (χ1v) is 6.90. The van der Waals surface area contributed by atoms with Crippen molar-refractivity contribution in [3.8, 4) is 0 Å². The van der Waals surface area contributed by atoms with E-state index in [1.807, 2.05) is 0 Å². The zero-order valence-electron chi connectivity index (χ0n) is 9.98. The van der Waals surface area contributed by atoms with Gasteiger partial charge in [0.2, 0.25) is 0 Å². The minimum Gasteiger partial charge on any atom is -0.388 e. The summed E-state index contributed by atoms with van der Waals surface area (Å²) in [5.41, 5.74) is -0.562. The van der Waals surface area contributed by atoms with Crippen molar-refractivity contribution in [1.82, 2.24) is 0 Å². The van der Waals surface area contributed by atoms with Crippen LogP contribution in [0.3, 0.4) is 0 Å². The Kier molecular flexibility index (Phi) is 4.22. The van der Waals surface area contributed by atoms with E-state index < -0.39 is 17.2 Å². The fraction of sp³-hybridized carbons (Fsp3) is 0.538. The Morgan fingerprint density at radius 3 is 2.50 bits per heavy atom. The Labute approximate surface area is 114 Å². The summed E-state index contributed by atoms with van der Waals surface area (Å²) >= 11 is 3.02. The molecule has 1 fully saturated rings. The van der Waals surface area contributed by atoms with Crippen molar-refractivity contribution in [3.63, 3.8) is 0 Å². The smallest absolute Gasteiger partial charge is 0.149 e. The van der Waals surface area contributed by atoms with E-state index in [-0.39, 0.29) is 10.2 Å². The molecule has 0 bridgehead atoms. The molecule has 2 rings (SSSR count). The van der Waals surface area contributed by atoms with E-state index >= 15 is 0 Å². The van der Waals surface area contributed by atoms with Crippen LogP contribution in [0.25, 0.3) is 0 Å². The first kappa shape index (κ1) is 13.7. The zero-order valence-corrected chi connectivity index (χ0v) is 11.6. The standard InChI is InChI=1S/C13H16BrF2NO/c14-9-6-12(11(16)7-10(9)15)17-8-13(18)4-2-1-3-5-13/h6-7,17-18H,1-5,8H2. The molecule has 1 aromatic rings. The average Bonchev–Trinajstić information content (AvgIpc) is 2.33. The van der Waals surface area contributed by atoms with Crippen molar-refractivity contribution in [3.05, 3.63) is 28.2 Å². The number of hydrogen-bond acceptors (Lipinski definition) is 2. The Hall–Kier alpha value is -0.680. The molecular formula is C13H16BrF2NO. The van der Waals surface area contributed by atoms with Gasteiger partial charge in [-0.1, -0.05) is 19.3 Å². The summed E-state index contributed by atoms with van der Waals surface area (Å²) in [6.07, 6.45) is 4.58. The highest BCUT2D eigenvalue weighted by atomic mass is 79.9. The van der Waals surface area contributed by atoms with Crippen LogP contribution in [0.15, 0.2) is 16.6 Å². The summed E-state index contributed by atoms with van der Waals surface area (Å²) in [6.45, 7) is 0.294. The van der Waals surface area contributed by atoms with Gasteiger partial charge in [0.1, 0.15) is 11.6 Å². The number of hydrogen-bond donors (Lipinski definition) is 2. The molecular weight excluding hydrogens is 304 g/mol. The highest BCUT2D eigenvalue weighted by Gasteiger charge is 2.29. The van der Waals surface area contributed by atoms with Crippen LogP contribution in [-0.2, 0) is 0 Å². The lowest BCUT2D eigenvalue weighted by Crippen LogP contribution is -2.38. The summed E-state index contributed by atoms with van der Waals surface area (Å²) in [5.74, 6) is -1.27. The molecule has 5 heteroatoms. The molecule has 1 aromatic carbocycles. The van der Waals surface area contributed by atoms with E-state index in [2.05, 4.69) is 21.2 Å². The Morgan fingerprint density at radius 1 is 1.17 bits per heavy atom. The lowest BCUT2D eigenvalue weighted by Gasteiger charge is -2.32. The predicted octanol–water partition coefficient (Wildman–Crippen LogP) is 3.83. The number of rotatable bonds is 3. The van der Waals surface area contributed by atoms with E-state index in [1.54, 1.807) is 0 Å². The van der Waals surface area contributed by atoms with E-state index in [0.717, 1.165) is 38.2 Å². The van der Waals surface area contributed by atoms with Crippen LogP contribution in [0.5, 0.6) is 0 Å². The summed E-state index contributed by atoms with van der Waals surface area (Å²) < 4.78 is 26.8. The molecule has 2 nitrogen and oxygen atoms in total. The Balaban J connectivity index is 2.03. The minimum absolute atomic E-state index is 0.210. The molecule has 1 aliphatic carbocycles. The molecule has 0 radical (unpaired) electrons. The number of anilines is 1. The predicted molar refractivity (Wildman–Crippen MR) is 70.6 cm³/mol. The number of halogens is 3. The van der Waals surface area contributed by atoms with Crippen LogP contribution in [0.1, 0.15) is 32.1 Å². The van der Waals surface area contributed by atoms with Gasteiger partial charge in [0.25, 0.3) is 0 Å². The van der Waals surface area contributed by atoms with Crippen molar-refractivity contribution < 1.29 is 13.9 Å². The second kappa shape index (κ2) is 5.53. The fourth-order valence-corrected chi connectivity index (χ4v) is 2.65. The average molecular weight is 320 g/mol. The summed E-state index contributed by atoms with van der Waals surface area (Å²) in [5, 5.41) is 13.1. The number of nitrogens with one attached hydrogen (secondary N) is 1. The minimum atomic E-state index is -0.772. The van der Waals surface area contributed by atoms with Crippen molar-refractivity contribution in [2.75, 3.05) is 11.9 Å². The van der Waals surface area contributed by atoms with Crippen LogP contribution in [0.2, 0.25) is 0 Å². The molecule has 1 saturated carbocycles. The summed E-state index contributed by atoms with van der Waals surface area (Å²) in [4.78, 5) is 0. The van der Waals surface area contributed by atoms with Gasteiger partial charge in [-0.25, -0.2) is 8.78 Å². The molecule has 0 saturated heterocycles. The highest BCUT2D eigenvalue weighted by Crippen LogP contribution is 2.29. The van der Waals surface area contributed by atoms with Crippen LogP contribution in [-0.4, -0.2) is 17.3 Å². The molecule has 100 valence electrons. The summed E-state index contributed by atoms with van der Waals surface area (Å²) in [7, 11) is 0. The van der Waals surface area contributed by atoms with Gasteiger partial charge >= 0.3 is 0 Å². The molecule has 0 amide bonds. The normalized spacial score (nSPS) is 18.7. The van der Waals surface area contributed by atoms with E-state index in [1.165, 1.54) is 6.07 Å². The van der Waals surface area contributed by atoms with Crippen LogP contribution in [0.4, 0.5) is 14.5 Å². The van der Waals surface area contributed by atoms with Gasteiger partial charge in [-0.3, -0.25) is 0 Å². The van der Waals surface area contributed by atoms with E-state index in [9.17, 15) is 13.9 Å². The molecule has 0 atom stereocenters. The Bertz CT molecular complexity index is 433. The molecule has 0 aromatic heterocycles. The SMILES string of the molecule is OC1(CNc2cc(Br)c(F)cc2F)CCCCC1. The molecule has 0 heterocycles. The maximum atomic E-state index is 13.5. The van der Waals surface area contributed by atoms with Gasteiger partial charge in [-0.15, -0.1) is 0 Å². The first-order valence-electron chi connectivity index (χ1n) is 6.11. The molecule has 18 heavy (non-hydrogen) atoms. The molecule has 0 spiro atoms. The largest absolute Gasteiger partial charge is 0.388 e. The fourth-order valence-electron chi connectivity index (χ4n) is 2.30. The van der Waals surface area contributed by atoms with Crippen LogP contribution >= 0.6 is 15.9 Å². The lowest BCUT2D eigenvalue weighted by molar-refractivity contribution is 0.0167.